The lowest BCUT2D eigenvalue weighted by Crippen LogP contribution is -1.99. The van der Waals surface area contributed by atoms with E-state index < -0.39 is 5.82 Å². The molecule has 0 saturated carbocycles. The monoisotopic (exact) mass is 289 g/mol. The van der Waals surface area contributed by atoms with Crippen molar-refractivity contribution in [3.63, 3.8) is 0 Å². The second-order valence-corrected chi connectivity index (χ2v) is 3.64. The zero-order valence-electron chi connectivity index (χ0n) is 6.77. The molecule has 0 aliphatic heterocycles. The van der Waals surface area contributed by atoms with Gasteiger partial charge in [-0.3, -0.25) is 4.79 Å². The van der Waals surface area contributed by atoms with Gasteiger partial charge in [-0.1, -0.05) is 0 Å². The van der Waals surface area contributed by atoms with E-state index in [0.717, 1.165) is 0 Å². The number of benzene rings is 1. The highest BCUT2D eigenvalue weighted by molar-refractivity contribution is 14.1. The van der Waals surface area contributed by atoms with Crippen LogP contribution in [0.4, 0.5) is 4.39 Å². The fourth-order valence-corrected chi connectivity index (χ4v) is 1.45. The standard InChI is InChI=1S/C9H5FINO/c1-5(13)7-2-6(4-12)9(11)3-8(7)10/h2-3H,1H3. The van der Waals surface area contributed by atoms with Crippen LogP contribution in [0.25, 0.3) is 0 Å². The van der Waals surface area contributed by atoms with Crippen molar-refractivity contribution in [3.05, 3.63) is 32.6 Å². The highest BCUT2D eigenvalue weighted by Crippen LogP contribution is 2.17. The summed E-state index contributed by atoms with van der Waals surface area (Å²) in [6, 6.07) is 4.36. The number of nitriles is 1. The zero-order chi connectivity index (χ0) is 10.0. The van der Waals surface area contributed by atoms with E-state index in [1.807, 2.05) is 28.7 Å². The number of rotatable bonds is 1. The summed E-state index contributed by atoms with van der Waals surface area (Å²) in [6.45, 7) is 1.27. The Bertz CT molecular complexity index is 409. The Labute approximate surface area is 88.5 Å². The SMILES string of the molecule is CC(=O)c1cc(C#N)c(I)cc1F. The van der Waals surface area contributed by atoms with Crippen molar-refractivity contribution >= 4 is 28.4 Å². The Morgan fingerprint density at radius 1 is 1.62 bits per heavy atom. The normalized spacial score (nSPS) is 9.38. The van der Waals surface area contributed by atoms with Crippen LogP contribution in [-0.2, 0) is 0 Å². The van der Waals surface area contributed by atoms with Crippen molar-refractivity contribution in [3.8, 4) is 6.07 Å². The molecule has 0 radical (unpaired) electrons. The van der Waals surface area contributed by atoms with Gasteiger partial charge in [0.15, 0.2) is 5.78 Å². The predicted molar refractivity (Wildman–Crippen MR) is 53.8 cm³/mol. The fourth-order valence-electron chi connectivity index (χ4n) is 0.904. The van der Waals surface area contributed by atoms with Crippen LogP contribution in [-0.4, -0.2) is 5.78 Å². The van der Waals surface area contributed by atoms with Crippen molar-refractivity contribution in [1.29, 1.82) is 5.26 Å². The van der Waals surface area contributed by atoms with E-state index in [0.29, 0.717) is 9.13 Å². The summed E-state index contributed by atoms with van der Waals surface area (Å²) in [7, 11) is 0. The second-order valence-electron chi connectivity index (χ2n) is 2.48. The topological polar surface area (TPSA) is 40.9 Å². The molecule has 0 atom stereocenters. The maximum Gasteiger partial charge on any atom is 0.162 e. The van der Waals surface area contributed by atoms with Crippen molar-refractivity contribution in [2.75, 3.05) is 0 Å². The number of hydrogen-bond acceptors (Lipinski definition) is 2. The molecule has 0 aliphatic carbocycles. The third kappa shape index (κ3) is 2.04. The van der Waals surface area contributed by atoms with Gasteiger partial charge in [0.05, 0.1) is 11.1 Å². The van der Waals surface area contributed by atoms with Crippen LogP contribution in [0.1, 0.15) is 22.8 Å². The summed E-state index contributed by atoms with van der Waals surface area (Å²) >= 11 is 1.85. The second kappa shape index (κ2) is 3.83. The van der Waals surface area contributed by atoms with Gasteiger partial charge in [-0.25, -0.2) is 4.39 Å². The predicted octanol–water partition coefficient (Wildman–Crippen LogP) is 2.50. The number of hydrogen-bond donors (Lipinski definition) is 0. The minimum Gasteiger partial charge on any atom is -0.294 e. The molecule has 0 unspecified atom stereocenters. The van der Waals surface area contributed by atoms with E-state index in [-0.39, 0.29) is 11.3 Å². The number of carbonyl (C=O) groups excluding carboxylic acids is 1. The van der Waals surface area contributed by atoms with Gasteiger partial charge in [0.25, 0.3) is 0 Å². The summed E-state index contributed by atoms with van der Waals surface area (Å²) in [4.78, 5) is 10.9. The van der Waals surface area contributed by atoms with Crippen LogP contribution in [0.15, 0.2) is 12.1 Å². The van der Waals surface area contributed by atoms with Crippen LogP contribution in [0.2, 0.25) is 0 Å². The highest BCUT2D eigenvalue weighted by atomic mass is 127. The van der Waals surface area contributed by atoms with Gasteiger partial charge in [-0.2, -0.15) is 5.26 Å². The lowest BCUT2D eigenvalue weighted by Gasteiger charge is -2.00. The van der Waals surface area contributed by atoms with Crippen molar-refractivity contribution < 1.29 is 9.18 Å². The van der Waals surface area contributed by atoms with Crippen molar-refractivity contribution in [2.45, 2.75) is 6.92 Å². The number of nitrogens with zero attached hydrogens (tertiary/aromatic N) is 1. The quantitative estimate of drug-likeness (QED) is 0.588. The number of carbonyl (C=O) groups is 1. The van der Waals surface area contributed by atoms with Gasteiger partial charge in [0.1, 0.15) is 11.9 Å². The molecular weight excluding hydrogens is 284 g/mol. The van der Waals surface area contributed by atoms with Crippen LogP contribution < -0.4 is 0 Å². The van der Waals surface area contributed by atoms with E-state index in [4.69, 9.17) is 5.26 Å². The molecule has 13 heavy (non-hydrogen) atoms. The molecule has 1 rings (SSSR count). The minimum absolute atomic E-state index is 0.0306. The van der Waals surface area contributed by atoms with E-state index in [1.54, 1.807) is 0 Å². The molecule has 66 valence electrons. The third-order valence-electron chi connectivity index (χ3n) is 1.56. The van der Waals surface area contributed by atoms with Gasteiger partial charge in [0.2, 0.25) is 0 Å². The largest absolute Gasteiger partial charge is 0.294 e. The average Bonchev–Trinajstić information content (AvgIpc) is 2.03. The Morgan fingerprint density at radius 2 is 2.23 bits per heavy atom. The van der Waals surface area contributed by atoms with Crippen LogP contribution in [0.3, 0.4) is 0 Å². The first-order valence-corrected chi connectivity index (χ1v) is 4.54. The van der Waals surface area contributed by atoms with E-state index in [1.165, 1.54) is 19.1 Å². The molecular formula is C9H5FINO. The lowest BCUT2D eigenvalue weighted by molar-refractivity contribution is 0.101. The molecule has 0 bridgehead atoms. The van der Waals surface area contributed by atoms with Gasteiger partial charge >= 0.3 is 0 Å². The lowest BCUT2D eigenvalue weighted by atomic mass is 10.1. The van der Waals surface area contributed by atoms with Gasteiger partial charge in [-0.05, 0) is 41.6 Å². The molecule has 0 aromatic heterocycles. The number of halogens is 2. The fraction of sp³-hybridized carbons (Fsp3) is 0.111. The highest BCUT2D eigenvalue weighted by Gasteiger charge is 2.10. The Morgan fingerprint density at radius 3 is 2.69 bits per heavy atom. The third-order valence-corrected chi connectivity index (χ3v) is 2.45. The Kier molecular flexibility index (Phi) is 2.98. The summed E-state index contributed by atoms with van der Waals surface area (Å²) in [6.07, 6.45) is 0. The first kappa shape index (κ1) is 10.1. The smallest absolute Gasteiger partial charge is 0.162 e. The maximum atomic E-state index is 13.1. The van der Waals surface area contributed by atoms with E-state index in [2.05, 4.69) is 0 Å². The molecule has 0 aliphatic rings. The summed E-state index contributed by atoms with van der Waals surface area (Å²) in [5.74, 6) is -0.943. The average molecular weight is 289 g/mol. The van der Waals surface area contributed by atoms with Gasteiger partial charge in [-0.15, -0.1) is 0 Å². The zero-order valence-corrected chi connectivity index (χ0v) is 8.92. The molecule has 1 aromatic rings. The van der Waals surface area contributed by atoms with Crippen LogP contribution in [0.5, 0.6) is 0 Å². The van der Waals surface area contributed by atoms with Crippen molar-refractivity contribution in [2.24, 2.45) is 0 Å². The molecule has 0 saturated heterocycles. The first-order valence-electron chi connectivity index (χ1n) is 3.46. The summed E-state index contributed by atoms with van der Waals surface area (Å²) < 4.78 is 13.6. The molecule has 1 aromatic carbocycles. The minimum atomic E-state index is -0.573. The van der Waals surface area contributed by atoms with Crippen molar-refractivity contribution in [1.82, 2.24) is 0 Å². The summed E-state index contributed by atoms with van der Waals surface area (Å²) in [5.41, 5.74) is 0.296. The molecule has 0 amide bonds. The van der Waals surface area contributed by atoms with Gasteiger partial charge in [0, 0.05) is 3.57 Å². The van der Waals surface area contributed by atoms with Crippen LogP contribution in [0, 0.1) is 20.7 Å². The molecule has 0 fully saturated rings. The Hall–Kier alpha value is -0.960. The molecule has 2 nitrogen and oxygen atoms in total. The van der Waals surface area contributed by atoms with E-state index in [9.17, 15) is 9.18 Å². The number of ketones is 1. The first-order chi connectivity index (χ1) is 6.06. The molecule has 0 spiro atoms. The summed E-state index contributed by atoms with van der Waals surface area (Å²) in [5, 5.41) is 8.63. The van der Waals surface area contributed by atoms with Gasteiger partial charge < -0.3 is 0 Å². The number of Topliss-reactive ketones (excluding diaryl/α,β-unsaturated/α-hetero) is 1. The van der Waals surface area contributed by atoms with Crippen LogP contribution >= 0.6 is 22.6 Å². The molecule has 0 heterocycles. The van der Waals surface area contributed by atoms with E-state index >= 15 is 0 Å². The molecule has 0 N–H and O–H groups in total. The maximum absolute atomic E-state index is 13.1. The Balaban J connectivity index is 3.41. The molecule has 4 heteroatoms.